The molecule has 2 aliphatic heterocycles. The zero-order valence-electron chi connectivity index (χ0n) is 17.3. The number of fused-ring (bicyclic) bond motifs is 1. The summed E-state index contributed by atoms with van der Waals surface area (Å²) < 4.78 is 21.4. The third-order valence-corrected chi connectivity index (χ3v) is 5.92. The van der Waals surface area contributed by atoms with Crippen LogP contribution in [0.15, 0.2) is 35.2 Å². The van der Waals surface area contributed by atoms with Gasteiger partial charge in [-0.3, -0.25) is 14.5 Å². The van der Waals surface area contributed by atoms with E-state index in [0.717, 1.165) is 16.7 Å². The maximum Gasteiger partial charge on any atom is 0.341 e. The lowest BCUT2D eigenvalue weighted by Gasteiger charge is -2.14. The van der Waals surface area contributed by atoms with Crippen molar-refractivity contribution < 1.29 is 38.4 Å². The Morgan fingerprint density at radius 1 is 1.18 bits per heavy atom. The largest absolute Gasteiger partial charge is 0.490 e. The lowest BCUT2D eigenvalue weighted by atomic mass is 10.1. The van der Waals surface area contributed by atoms with Crippen molar-refractivity contribution in [1.82, 2.24) is 4.90 Å². The van der Waals surface area contributed by atoms with Gasteiger partial charge >= 0.3 is 5.97 Å². The molecular weight excluding hydrogens is 474 g/mol. The highest BCUT2D eigenvalue weighted by Gasteiger charge is 2.35. The van der Waals surface area contributed by atoms with Gasteiger partial charge in [0.2, 0.25) is 6.79 Å². The first kappa shape index (κ1) is 22.8. The van der Waals surface area contributed by atoms with Crippen molar-refractivity contribution >= 4 is 46.6 Å². The molecule has 2 aliphatic rings. The number of rotatable bonds is 8. The fourth-order valence-electron chi connectivity index (χ4n) is 3.18. The summed E-state index contributed by atoms with van der Waals surface area (Å²) in [4.78, 5) is 37.6. The predicted octanol–water partition coefficient (Wildman–Crippen LogP) is 4.17. The van der Waals surface area contributed by atoms with Crippen LogP contribution in [0.1, 0.15) is 18.1 Å². The molecule has 0 atom stereocenters. The van der Waals surface area contributed by atoms with Crippen molar-refractivity contribution in [3.05, 3.63) is 51.4 Å². The number of carbonyl (C=O) groups is 3. The Bertz CT molecular complexity index is 1170. The van der Waals surface area contributed by atoms with E-state index < -0.39 is 23.7 Å². The lowest BCUT2D eigenvalue weighted by Crippen LogP contribution is -2.27. The number of halogens is 1. The van der Waals surface area contributed by atoms with Crippen LogP contribution in [-0.2, 0) is 16.1 Å². The quantitative estimate of drug-likeness (QED) is 0.544. The average molecular weight is 492 g/mol. The fraction of sp³-hybridized carbons (Fsp3) is 0.227. The summed E-state index contributed by atoms with van der Waals surface area (Å²) in [6.45, 7) is 1.67. The highest BCUT2D eigenvalue weighted by Crippen LogP contribution is 2.40. The van der Waals surface area contributed by atoms with Crippen molar-refractivity contribution in [3.8, 4) is 23.0 Å². The molecule has 1 N–H and O–H groups in total. The molecule has 2 heterocycles. The average Bonchev–Trinajstić information content (AvgIpc) is 3.32. The zero-order chi connectivity index (χ0) is 23.5. The molecule has 2 aromatic carbocycles. The standard InChI is InChI=1S/C22H18ClNO8S/c1-2-29-16-5-12(3-4-15(16)30-10-20(25)26)6-19-21(27)24(22(28)33-19)9-13-7-17-18(8-14(13)23)32-11-31-17/h3-8H,2,9-11H2,1H3,(H,25,26)/b19-6-. The maximum absolute atomic E-state index is 12.9. The Morgan fingerprint density at radius 2 is 1.94 bits per heavy atom. The minimum atomic E-state index is -1.11. The summed E-state index contributed by atoms with van der Waals surface area (Å²) >= 11 is 7.10. The molecule has 0 aromatic heterocycles. The van der Waals surface area contributed by atoms with Crippen LogP contribution >= 0.6 is 23.4 Å². The first-order valence-electron chi connectivity index (χ1n) is 9.80. The van der Waals surface area contributed by atoms with Crippen molar-refractivity contribution in [2.75, 3.05) is 20.0 Å². The highest BCUT2D eigenvalue weighted by atomic mass is 35.5. The van der Waals surface area contributed by atoms with Gasteiger partial charge in [-0.2, -0.15) is 0 Å². The smallest absolute Gasteiger partial charge is 0.341 e. The molecule has 0 saturated carbocycles. The third-order valence-electron chi connectivity index (χ3n) is 4.66. The Morgan fingerprint density at radius 3 is 2.67 bits per heavy atom. The number of ether oxygens (including phenoxy) is 4. The summed E-state index contributed by atoms with van der Waals surface area (Å²) in [5, 5.41) is 8.75. The number of nitrogens with zero attached hydrogens (tertiary/aromatic N) is 1. The summed E-state index contributed by atoms with van der Waals surface area (Å²) in [6, 6.07) is 8.06. The maximum atomic E-state index is 12.9. The van der Waals surface area contributed by atoms with Gasteiger partial charge in [0.25, 0.3) is 11.1 Å². The Balaban J connectivity index is 1.54. The second kappa shape index (κ2) is 9.63. The monoisotopic (exact) mass is 491 g/mol. The van der Waals surface area contributed by atoms with Crippen LogP contribution < -0.4 is 18.9 Å². The number of carbonyl (C=O) groups excluding carboxylic acids is 2. The minimum absolute atomic E-state index is 0.0103. The molecule has 33 heavy (non-hydrogen) atoms. The summed E-state index contributed by atoms with van der Waals surface area (Å²) in [5.41, 5.74) is 1.15. The molecule has 1 fully saturated rings. The Hall–Kier alpha value is -3.37. The normalized spacial score (nSPS) is 15.9. The molecule has 0 spiro atoms. The minimum Gasteiger partial charge on any atom is -0.490 e. The number of carboxylic acid groups (broad SMARTS) is 1. The number of benzene rings is 2. The van der Waals surface area contributed by atoms with Gasteiger partial charge in [0, 0.05) is 11.1 Å². The number of amides is 2. The van der Waals surface area contributed by atoms with Gasteiger partial charge in [-0.25, -0.2) is 4.79 Å². The lowest BCUT2D eigenvalue weighted by molar-refractivity contribution is -0.139. The zero-order valence-corrected chi connectivity index (χ0v) is 18.9. The molecule has 2 amide bonds. The third kappa shape index (κ3) is 5.01. The van der Waals surface area contributed by atoms with Gasteiger partial charge in [-0.1, -0.05) is 17.7 Å². The van der Waals surface area contributed by atoms with E-state index in [-0.39, 0.29) is 24.0 Å². The van der Waals surface area contributed by atoms with E-state index in [4.69, 9.17) is 35.7 Å². The number of thioether (sulfide) groups is 1. The molecule has 1 saturated heterocycles. The molecule has 0 unspecified atom stereocenters. The van der Waals surface area contributed by atoms with Gasteiger partial charge in [0.1, 0.15) is 0 Å². The van der Waals surface area contributed by atoms with Gasteiger partial charge in [0.15, 0.2) is 29.6 Å². The van der Waals surface area contributed by atoms with Crippen LogP contribution in [0.4, 0.5) is 4.79 Å². The molecule has 0 aliphatic carbocycles. The van der Waals surface area contributed by atoms with E-state index in [9.17, 15) is 14.4 Å². The highest BCUT2D eigenvalue weighted by molar-refractivity contribution is 8.18. The number of hydrogen-bond acceptors (Lipinski definition) is 8. The van der Waals surface area contributed by atoms with Crippen LogP contribution in [0, 0.1) is 0 Å². The van der Waals surface area contributed by atoms with E-state index in [2.05, 4.69) is 0 Å². The van der Waals surface area contributed by atoms with Crippen LogP contribution in [-0.4, -0.2) is 47.1 Å². The van der Waals surface area contributed by atoms with E-state index >= 15 is 0 Å². The van der Waals surface area contributed by atoms with Crippen molar-refractivity contribution in [2.24, 2.45) is 0 Å². The van der Waals surface area contributed by atoms with E-state index in [1.165, 1.54) is 0 Å². The molecule has 0 bridgehead atoms. The molecule has 4 rings (SSSR count). The topological polar surface area (TPSA) is 112 Å². The Kier molecular flexibility index (Phi) is 6.66. The van der Waals surface area contributed by atoms with E-state index in [1.54, 1.807) is 43.3 Å². The first-order valence-corrected chi connectivity index (χ1v) is 11.0. The molecule has 11 heteroatoms. The second-order valence-corrected chi connectivity index (χ2v) is 8.29. The molecule has 172 valence electrons. The van der Waals surface area contributed by atoms with Crippen molar-refractivity contribution in [3.63, 3.8) is 0 Å². The number of aliphatic carboxylic acids is 1. The van der Waals surface area contributed by atoms with Crippen LogP contribution in [0.2, 0.25) is 5.02 Å². The van der Waals surface area contributed by atoms with Crippen molar-refractivity contribution in [2.45, 2.75) is 13.5 Å². The van der Waals surface area contributed by atoms with Crippen molar-refractivity contribution in [1.29, 1.82) is 0 Å². The van der Waals surface area contributed by atoms with E-state index in [1.807, 2.05) is 0 Å². The number of imide groups is 1. The van der Waals surface area contributed by atoms with Crippen LogP contribution in [0.3, 0.4) is 0 Å². The molecule has 9 nitrogen and oxygen atoms in total. The Labute approximate surface area is 197 Å². The predicted molar refractivity (Wildman–Crippen MR) is 120 cm³/mol. The van der Waals surface area contributed by atoms with E-state index in [0.29, 0.717) is 40.0 Å². The summed E-state index contributed by atoms with van der Waals surface area (Å²) in [7, 11) is 0. The molecular formula is C22H18ClNO8S. The summed E-state index contributed by atoms with van der Waals surface area (Å²) in [5.74, 6) is 0.0470. The fourth-order valence-corrected chi connectivity index (χ4v) is 4.23. The van der Waals surface area contributed by atoms with Crippen LogP contribution in [0.5, 0.6) is 23.0 Å². The van der Waals surface area contributed by atoms with Gasteiger partial charge in [-0.05, 0) is 54.1 Å². The van der Waals surface area contributed by atoms with Gasteiger partial charge in [0.05, 0.1) is 18.1 Å². The number of hydrogen-bond donors (Lipinski definition) is 1. The first-order chi connectivity index (χ1) is 15.9. The molecule has 0 radical (unpaired) electrons. The summed E-state index contributed by atoms with van der Waals surface area (Å²) in [6.07, 6.45) is 1.57. The molecule has 2 aromatic rings. The second-order valence-electron chi connectivity index (χ2n) is 6.89. The van der Waals surface area contributed by atoms with Crippen LogP contribution in [0.25, 0.3) is 6.08 Å². The van der Waals surface area contributed by atoms with Gasteiger partial charge in [-0.15, -0.1) is 0 Å². The number of carboxylic acids is 1. The van der Waals surface area contributed by atoms with Gasteiger partial charge < -0.3 is 24.1 Å². The SMILES string of the molecule is CCOc1cc(/C=C2\SC(=O)N(Cc3cc4c(cc3Cl)OCO4)C2=O)ccc1OCC(=O)O.